The normalized spacial score (nSPS) is 17.7. The Morgan fingerprint density at radius 2 is 1.89 bits per heavy atom. The highest BCUT2D eigenvalue weighted by Crippen LogP contribution is 2.12. The molecular formula is C13H24N2O3S. The van der Waals surface area contributed by atoms with E-state index in [2.05, 4.69) is 4.74 Å². The fraction of sp³-hybridized carbons (Fsp3) is 0.846. The molecule has 6 heteroatoms. The molecular weight excluding hydrogens is 264 g/mol. The van der Waals surface area contributed by atoms with E-state index in [0.29, 0.717) is 17.9 Å². The van der Waals surface area contributed by atoms with Crippen LogP contribution in [0.4, 0.5) is 0 Å². The van der Waals surface area contributed by atoms with Crippen molar-refractivity contribution in [2.24, 2.45) is 5.73 Å². The van der Waals surface area contributed by atoms with E-state index >= 15 is 0 Å². The number of thioether (sulfide) groups is 1. The van der Waals surface area contributed by atoms with Crippen LogP contribution in [0.3, 0.4) is 0 Å². The Morgan fingerprint density at radius 1 is 1.26 bits per heavy atom. The van der Waals surface area contributed by atoms with Crippen molar-refractivity contribution in [1.29, 1.82) is 0 Å². The fourth-order valence-electron chi connectivity index (χ4n) is 2.05. The van der Waals surface area contributed by atoms with Crippen LogP contribution in [0.5, 0.6) is 0 Å². The third kappa shape index (κ3) is 6.29. The van der Waals surface area contributed by atoms with E-state index < -0.39 is 6.04 Å². The Bertz CT molecular complexity index is 292. The zero-order valence-corrected chi connectivity index (χ0v) is 12.4. The van der Waals surface area contributed by atoms with Crippen molar-refractivity contribution >= 4 is 23.6 Å². The molecule has 1 atom stereocenters. The topological polar surface area (TPSA) is 72.6 Å². The van der Waals surface area contributed by atoms with Crippen LogP contribution in [0.25, 0.3) is 0 Å². The Kier molecular flexibility index (Phi) is 7.90. The minimum atomic E-state index is -0.578. The molecule has 0 radical (unpaired) electrons. The van der Waals surface area contributed by atoms with Gasteiger partial charge in [-0.05, 0) is 25.0 Å². The number of likely N-dealkylation sites (tertiary alicyclic amines) is 1. The standard InChI is InChI=1S/C13H24N2O3S/c1-18-13(17)11(14)6-9-19-10-12(16)15-7-4-2-3-5-8-15/h11H,2-10,14H2,1H3. The number of esters is 1. The molecule has 0 aromatic rings. The number of hydrogen-bond acceptors (Lipinski definition) is 5. The van der Waals surface area contributed by atoms with Gasteiger partial charge in [-0.1, -0.05) is 12.8 Å². The van der Waals surface area contributed by atoms with E-state index in [1.54, 1.807) is 0 Å². The third-order valence-corrected chi connectivity index (χ3v) is 4.24. The number of nitrogens with zero attached hydrogens (tertiary/aromatic N) is 1. The van der Waals surface area contributed by atoms with Crippen LogP contribution >= 0.6 is 11.8 Å². The van der Waals surface area contributed by atoms with Crippen molar-refractivity contribution in [3.63, 3.8) is 0 Å². The summed E-state index contributed by atoms with van der Waals surface area (Å²) in [7, 11) is 1.33. The summed E-state index contributed by atoms with van der Waals surface area (Å²) in [4.78, 5) is 25.0. The van der Waals surface area contributed by atoms with Gasteiger partial charge in [-0.3, -0.25) is 9.59 Å². The van der Waals surface area contributed by atoms with Crippen LogP contribution in [0.2, 0.25) is 0 Å². The number of carbonyl (C=O) groups is 2. The summed E-state index contributed by atoms with van der Waals surface area (Å²) in [5, 5.41) is 0. The molecule has 1 unspecified atom stereocenters. The van der Waals surface area contributed by atoms with E-state index in [9.17, 15) is 9.59 Å². The first kappa shape index (κ1) is 16.3. The van der Waals surface area contributed by atoms with Gasteiger partial charge in [0.25, 0.3) is 0 Å². The van der Waals surface area contributed by atoms with Crippen molar-refractivity contribution in [2.45, 2.75) is 38.1 Å². The highest BCUT2D eigenvalue weighted by Gasteiger charge is 2.16. The highest BCUT2D eigenvalue weighted by atomic mass is 32.2. The summed E-state index contributed by atoms with van der Waals surface area (Å²) in [6.45, 7) is 1.78. The Hall–Kier alpha value is -0.750. The summed E-state index contributed by atoms with van der Waals surface area (Å²) >= 11 is 1.54. The Balaban J connectivity index is 2.14. The number of nitrogens with two attached hydrogens (primary N) is 1. The van der Waals surface area contributed by atoms with E-state index in [0.717, 1.165) is 25.9 Å². The van der Waals surface area contributed by atoms with E-state index in [1.165, 1.54) is 31.7 Å². The monoisotopic (exact) mass is 288 g/mol. The minimum absolute atomic E-state index is 0.207. The summed E-state index contributed by atoms with van der Waals surface area (Å²) in [6.07, 6.45) is 5.23. The number of hydrogen-bond donors (Lipinski definition) is 1. The van der Waals surface area contributed by atoms with Crippen LogP contribution in [-0.2, 0) is 14.3 Å². The molecule has 0 aromatic carbocycles. The lowest BCUT2D eigenvalue weighted by atomic mass is 10.2. The molecule has 19 heavy (non-hydrogen) atoms. The van der Waals surface area contributed by atoms with Gasteiger partial charge in [0.2, 0.25) is 5.91 Å². The molecule has 5 nitrogen and oxygen atoms in total. The molecule has 1 saturated heterocycles. The fourth-order valence-corrected chi connectivity index (χ4v) is 2.97. The van der Waals surface area contributed by atoms with Gasteiger partial charge in [0.05, 0.1) is 12.9 Å². The van der Waals surface area contributed by atoms with Crippen molar-refractivity contribution in [1.82, 2.24) is 4.90 Å². The lowest BCUT2D eigenvalue weighted by Gasteiger charge is -2.20. The van der Waals surface area contributed by atoms with Crippen molar-refractivity contribution in [2.75, 3.05) is 31.7 Å². The number of rotatable bonds is 6. The van der Waals surface area contributed by atoms with Crippen LogP contribution in [0, 0.1) is 0 Å². The quantitative estimate of drug-likeness (QED) is 0.583. The largest absolute Gasteiger partial charge is 0.468 e. The first-order chi connectivity index (χ1) is 9.15. The molecule has 1 amide bonds. The zero-order valence-electron chi connectivity index (χ0n) is 11.6. The predicted molar refractivity (Wildman–Crippen MR) is 77.0 cm³/mol. The average Bonchev–Trinajstić information content (AvgIpc) is 2.71. The van der Waals surface area contributed by atoms with Gasteiger partial charge in [0.1, 0.15) is 6.04 Å². The van der Waals surface area contributed by atoms with Crippen LogP contribution in [-0.4, -0.2) is 54.5 Å². The Morgan fingerprint density at radius 3 is 2.47 bits per heavy atom. The van der Waals surface area contributed by atoms with Gasteiger partial charge >= 0.3 is 5.97 Å². The van der Waals surface area contributed by atoms with Crippen LogP contribution < -0.4 is 5.73 Å². The molecule has 0 saturated carbocycles. The molecule has 2 N–H and O–H groups in total. The van der Waals surface area contributed by atoms with Crippen LogP contribution in [0.15, 0.2) is 0 Å². The van der Waals surface area contributed by atoms with Gasteiger partial charge in [-0.25, -0.2) is 0 Å². The van der Waals surface area contributed by atoms with Crippen molar-refractivity contribution in [3.05, 3.63) is 0 Å². The highest BCUT2D eigenvalue weighted by molar-refractivity contribution is 7.99. The maximum Gasteiger partial charge on any atom is 0.322 e. The van der Waals surface area contributed by atoms with Gasteiger partial charge in [-0.15, -0.1) is 0 Å². The second-order valence-corrected chi connectivity index (χ2v) is 5.87. The molecule has 1 aliphatic rings. The number of carbonyl (C=O) groups excluding carboxylic acids is 2. The molecule has 0 aromatic heterocycles. The number of ether oxygens (including phenoxy) is 1. The molecule has 110 valence electrons. The first-order valence-corrected chi connectivity index (χ1v) is 7.99. The first-order valence-electron chi connectivity index (χ1n) is 6.84. The maximum atomic E-state index is 12.0. The van der Waals surface area contributed by atoms with E-state index in [1.807, 2.05) is 4.90 Å². The molecule has 0 aliphatic carbocycles. The SMILES string of the molecule is COC(=O)C(N)CCSCC(=O)N1CCCCCC1. The van der Waals surface area contributed by atoms with Crippen molar-refractivity contribution < 1.29 is 14.3 Å². The van der Waals surface area contributed by atoms with Gasteiger partial charge in [-0.2, -0.15) is 11.8 Å². The zero-order chi connectivity index (χ0) is 14.1. The predicted octanol–water partition coefficient (Wildman–Crippen LogP) is 1.01. The maximum absolute atomic E-state index is 12.0. The van der Waals surface area contributed by atoms with Gasteiger partial charge < -0.3 is 15.4 Å². The van der Waals surface area contributed by atoms with E-state index in [4.69, 9.17) is 5.73 Å². The number of methoxy groups -OCH3 is 1. The molecule has 1 aliphatic heterocycles. The third-order valence-electron chi connectivity index (χ3n) is 3.26. The molecule has 1 rings (SSSR count). The second kappa shape index (κ2) is 9.20. The number of amides is 1. The molecule has 0 bridgehead atoms. The van der Waals surface area contributed by atoms with Crippen molar-refractivity contribution in [3.8, 4) is 0 Å². The lowest BCUT2D eigenvalue weighted by Crippen LogP contribution is -2.34. The van der Waals surface area contributed by atoms with Gasteiger partial charge in [0.15, 0.2) is 0 Å². The Labute approximate surface area is 119 Å². The minimum Gasteiger partial charge on any atom is -0.468 e. The average molecular weight is 288 g/mol. The lowest BCUT2D eigenvalue weighted by molar-refractivity contribution is -0.142. The molecule has 0 spiro atoms. The molecule has 1 heterocycles. The summed E-state index contributed by atoms with van der Waals surface area (Å²) in [5.74, 6) is 1.00. The summed E-state index contributed by atoms with van der Waals surface area (Å²) < 4.78 is 4.55. The van der Waals surface area contributed by atoms with Gasteiger partial charge in [0, 0.05) is 13.1 Å². The smallest absolute Gasteiger partial charge is 0.322 e. The summed E-state index contributed by atoms with van der Waals surface area (Å²) in [6, 6.07) is -0.578. The second-order valence-electron chi connectivity index (χ2n) is 4.77. The summed E-state index contributed by atoms with van der Waals surface area (Å²) in [5.41, 5.74) is 5.62. The van der Waals surface area contributed by atoms with E-state index in [-0.39, 0.29) is 11.9 Å². The molecule has 1 fully saturated rings. The van der Waals surface area contributed by atoms with Crippen LogP contribution in [0.1, 0.15) is 32.1 Å².